The molecule has 2 aromatic rings. The Kier molecular flexibility index (Phi) is 2.24. The number of rotatable bonds is 2. The van der Waals surface area contributed by atoms with Crippen LogP contribution in [-0.2, 0) is 0 Å². The van der Waals surface area contributed by atoms with Crippen molar-refractivity contribution in [3.05, 3.63) is 35.6 Å². The Labute approximate surface area is 83.9 Å². The first kappa shape index (κ1) is 8.83. The Morgan fingerprint density at radius 3 is 3.00 bits per heavy atom. The van der Waals surface area contributed by atoms with Crippen LogP contribution in [0, 0.1) is 0 Å². The van der Waals surface area contributed by atoms with Gasteiger partial charge in [0.15, 0.2) is 0 Å². The third-order valence-corrected chi connectivity index (χ3v) is 2.57. The molecule has 0 fully saturated rings. The molecule has 70 valence electrons. The zero-order chi connectivity index (χ0) is 9.97. The predicted molar refractivity (Wildman–Crippen MR) is 52.3 cm³/mol. The highest BCUT2D eigenvalue weighted by molar-refractivity contribution is 7.13. The van der Waals surface area contributed by atoms with Crippen LogP contribution in [0.1, 0.15) is 10.4 Å². The number of carbonyl (C=O) groups is 1. The van der Waals surface area contributed by atoms with Gasteiger partial charge in [0.1, 0.15) is 11.9 Å². The van der Waals surface area contributed by atoms with E-state index in [4.69, 9.17) is 5.11 Å². The Hall–Kier alpha value is -1.75. The van der Waals surface area contributed by atoms with E-state index in [2.05, 4.69) is 9.97 Å². The maximum absolute atomic E-state index is 10.8. The van der Waals surface area contributed by atoms with E-state index < -0.39 is 5.97 Å². The lowest BCUT2D eigenvalue weighted by Gasteiger charge is -1.99. The molecule has 14 heavy (non-hydrogen) atoms. The SMILES string of the molecule is O=C(O)c1cncnc1-c1cccs1. The van der Waals surface area contributed by atoms with Gasteiger partial charge in [0, 0.05) is 6.20 Å². The van der Waals surface area contributed by atoms with Gasteiger partial charge in [-0.25, -0.2) is 14.8 Å². The summed E-state index contributed by atoms with van der Waals surface area (Å²) in [5.74, 6) is -1.01. The predicted octanol–water partition coefficient (Wildman–Crippen LogP) is 1.90. The van der Waals surface area contributed by atoms with Gasteiger partial charge in [-0.05, 0) is 11.4 Å². The molecular weight excluding hydrogens is 200 g/mol. The van der Waals surface area contributed by atoms with E-state index >= 15 is 0 Å². The monoisotopic (exact) mass is 206 g/mol. The van der Waals surface area contributed by atoms with Crippen LogP contribution < -0.4 is 0 Å². The summed E-state index contributed by atoms with van der Waals surface area (Å²) in [5.41, 5.74) is 0.609. The van der Waals surface area contributed by atoms with Crippen LogP contribution in [0.2, 0.25) is 0 Å². The van der Waals surface area contributed by atoms with Crippen molar-refractivity contribution in [1.29, 1.82) is 0 Å². The van der Waals surface area contributed by atoms with Crippen LogP contribution >= 0.6 is 11.3 Å². The molecule has 0 radical (unpaired) electrons. The molecule has 0 aliphatic heterocycles. The first-order valence-corrected chi connectivity index (χ1v) is 4.74. The lowest BCUT2D eigenvalue weighted by Crippen LogP contribution is -2.01. The van der Waals surface area contributed by atoms with Gasteiger partial charge in [-0.2, -0.15) is 0 Å². The van der Waals surface area contributed by atoms with Gasteiger partial charge in [-0.3, -0.25) is 0 Å². The number of aromatic nitrogens is 2. The number of carboxylic acid groups (broad SMARTS) is 1. The Bertz CT molecular complexity index is 454. The van der Waals surface area contributed by atoms with E-state index in [0.717, 1.165) is 4.88 Å². The highest BCUT2D eigenvalue weighted by atomic mass is 32.1. The van der Waals surface area contributed by atoms with Gasteiger partial charge in [-0.1, -0.05) is 6.07 Å². The maximum Gasteiger partial charge on any atom is 0.339 e. The summed E-state index contributed by atoms with van der Waals surface area (Å²) >= 11 is 1.45. The van der Waals surface area contributed by atoms with Gasteiger partial charge < -0.3 is 5.11 Å². The number of carboxylic acids is 1. The van der Waals surface area contributed by atoms with Crippen molar-refractivity contribution in [2.24, 2.45) is 0 Å². The lowest BCUT2D eigenvalue weighted by molar-refractivity contribution is 0.0697. The fraction of sp³-hybridized carbons (Fsp3) is 0. The largest absolute Gasteiger partial charge is 0.478 e. The standard InChI is InChI=1S/C9H6N2O2S/c12-9(13)6-4-10-5-11-8(6)7-2-1-3-14-7/h1-5H,(H,12,13). The smallest absolute Gasteiger partial charge is 0.339 e. The molecule has 5 heteroatoms. The summed E-state index contributed by atoms with van der Waals surface area (Å²) in [7, 11) is 0. The molecule has 0 unspecified atom stereocenters. The summed E-state index contributed by atoms with van der Waals surface area (Å²) in [6.45, 7) is 0. The number of nitrogens with zero attached hydrogens (tertiary/aromatic N) is 2. The number of thiophene rings is 1. The molecule has 0 aliphatic rings. The van der Waals surface area contributed by atoms with Crippen molar-refractivity contribution >= 4 is 17.3 Å². The van der Waals surface area contributed by atoms with Crippen molar-refractivity contribution in [3.8, 4) is 10.6 Å². The summed E-state index contributed by atoms with van der Waals surface area (Å²) in [6, 6.07) is 3.69. The molecule has 0 bridgehead atoms. The zero-order valence-electron chi connectivity index (χ0n) is 7.04. The third-order valence-electron chi connectivity index (χ3n) is 1.70. The molecule has 2 aromatic heterocycles. The molecule has 0 aromatic carbocycles. The minimum absolute atomic E-state index is 0.134. The van der Waals surface area contributed by atoms with Crippen molar-refractivity contribution in [2.75, 3.05) is 0 Å². The minimum Gasteiger partial charge on any atom is -0.478 e. The molecule has 2 rings (SSSR count). The van der Waals surface area contributed by atoms with E-state index in [-0.39, 0.29) is 5.56 Å². The van der Waals surface area contributed by atoms with E-state index in [0.29, 0.717) is 5.69 Å². The van der Waals surface area contributed by atoms with Gasteiger partial charge in [0.2, 0.25) is 0 Å². The first-order valence-electron chi connectivity index (χ1n) is 3.86. The van der Waals surface area contributed by atoms with Crippen LogP contribution in [0.5, 0.6) is 0 Å². The molecular formula is C9H6N2O2S. The summed E-state index contributed by atoms with van der Waals surface area (Å²) < 4.78 is 0. The van der Waals surface area contributed by atoms with E-state index in [1.54, 1.807) is 0 Å². The second-order valence-electron chi connectivity index (χ2n) is 2.57. The average molecular weight is 206 g/mol. The Morgan fingerprint density at radius 1 is 1.50 bits per heavy atom. The zero-order valence-corrected chi connectivity index (χ0v) is 7.86. The second-order valence-corrected chi connectivity index (χ2v) is 3.52. The highest BCUT2D eigenvalue weighted by Gasteiger charge is 2.13. The number of hydrogen-bond acceptors (Lipinski definition) is 4. The van der Waals surface area contributed by atoms with E-state index in [1.165, 1.54) is 23.9 Å². The third kappa shape index (κ3) is 1.49. The molecule has 0 saturated heterocycles. The molecule has 0 amide bonds. The number of aromatic carboxylic acids is 1. The van der Waals surface area contributed by atoms with Crippen LogP contribution in [0.3, 0.4) is 0 Å². The second kappa shape index (κ2) is 3.55. The topological polar surface area (TPSA) is 63.1 Å². The van der Waals surface area contributed by atoms with Crippen LogP contribution in [0.25, 0.3) is 10.6 Å². The number of hydrogen-bond donors (Lipinski definition) is 1. The molecule has 0 spiro atoms. The molecule has 0 aliphatic carbocycles. The Morgan fingerprint density at radius 2 is 2.36 bits per heavy atom. The minimum atomic E-state index is -1.01. The summed E-state index contributed by atoms with van der Waals surface area (Å²) in [4.78, 5) is 19.3. The van der Waals surface area contributed by atoms with Gasteiger partial charge in [0.25, 0.3) is 0 Å². The summed E-state index contributed by atoms with van der Waals surface area (Å²) in [6.07, 6.45) is 2.66. The van der Waals surface area contributed by atoms with E-state index in [1.807, 2.05) is 17.5 Å². The van der Waals surface area contributed by atoms with Gasteiger partial charge >= 0.3 is 5.97 Å². The Balaban J connectivity index is 2.58. The quantitative estimate of drug-likeness (QED) is 0.815. The van der Waals surface area contributed by atoms with Crippen molar-refractivity contribution in [3.63, 3.8) is 0 Å². The molecule has 1 N–H and O–H groups in total. The fourth-order valence-corrected chi connectivity index (χ4v) is 1.83. The highest BCUT2D eigenvalue weighted by Crippen LogP contribution is 2.24. The fourth-order valence-electron chi connectivity index (χ4n) is 1.10. The van der Waals surface area contributed by atoms with Crippen LogP contribution in [0.4, 0.5) is 0 Å². The lowest BCUT2D eigenvalue weighted by atomic mass is 10.2. The van der Waals surface area contributed by atoms with Gasteiger partial charge in [0.05, 0.1) is 10.6 Å². The maximum atomic E-state index is 10.8. The van der Waals surface area contributed by atoms with Gasteiger partial charge in [-0.15, -0.1) is 11.3 Å². The van der Waals surface area contributed by atoms with Crippen molar-refractivity contribution < 1.29 is 9.90 Å². The molecule has 0 saturated carbocycles. The van der Waals surface area contributed by atoms with Crippen molar-refractivity contribution in [1.82, 2.24) is 9.97 Å². The van der Waals surface area contributed by atoms with E-state index in [9.17, 15) is 4.79 Å². The van der Waals surface area contributed by atoms with Crippen molar-refractivity contribution in [2.45, 2.75) is 0 Å². The average Bonchev–Trinajstić information content (AvgIpc) is 2.70. The molecule has 4 nitrogen and oxygen atoms in total. The molecule has 2 heterocycles. The normalized spacial score (nSPS) is 10.0. The molecule has 0 atom stereocenters. The van der Waals surface area contributed by atoms with Crippen LogP contribution in [0.15, 0.2) is 30.0 Å². The first-order chi connectivity index (χ1) is 6.79. The van der Waals surface area contributed by atoms with Crippen LogP contribution in [-0.4, -0.2) is 21.0 Å². The summed E-state index contributed by atoms with van der Waals surface area (Å²) in [5, 5.41) is 10.8.